The van der Waals surface area contributed by atoms with Gasteiger partial charge in [-0.3, -0.25) is 4.99 Å². The van der Waals surface area contributed by atoms with Crippen LogP contribution in [0.3, 0.4) is 0 Å². The van der Waals surface area contributed by atoms with E-state index in [0.29, 0.717) is 50.2 Å². The second kappa shape index (κ2) is 11.9. The lowest BCUT2D eigenvalue weighted by atomic mass is 10.2. The third-order valence-electron chi connectivity index (χ3n) is 5.16. The van der Waals surface area contributed by atoms with Crippen molar-refractivity contribution in [1.82, 2.24) is 14.9 Å². The third kappa shape index (κ3) is 6.81. The van der Waals surface area contributed by atoms with Crippen LogP contribution in [0, 0.1) is 0 Å². The van der Waals surface area contributed by atoms with Gasteiger partial charge in [0.15, 0.2) is 5.96 Å². The molecule has 2 heterocycles. The second-order valence-corrected chi connectivity index (χ2v) is 9.32. The Bertz CT molecular complexity index is 923. The number of benzene rings is 1. The van der Waals surface area contributed by atoms with Crippen molar-refractivity contribution in [2.45, 2.75) is 43.7 Å². The third-order valence-corrected chi connectivity index (χ3v) is 7.16. The molecule has 170 valence electrons. The van der Waals surface area contributed by atoms with Gasteiger partial charge in [0.1, 0.15) is 12.4 Å². The van der Waals surface area contributed by atoms with E-state index in [4.69, 9.17) is 9.15 Å². The number of nitrogens with one attached hydrogen (secondary N) is 2. The Kier molecular flexibility index (Phi) is 8.93. The highest BCUT2D eigenvalue weighted by Gasteiger charge is 2.27. The molecule has 0 amide bonds. The predicted molar refractivity (Wildman–Crippen MR) is 120 cm³/mol. The van der Waals surface area contributed by atoms with Crippen LogP contribution in [0.5, 0.6) is 0 Å². The molecule has 1 aromatic carbocycles. The Hall–Kier alpha value is -2.36. The maximum atomic E-state index is 13.1. The zero-order valence-corrected chi connectivity index (χ0v) is 18.9. The van der Waals surface area contributed by atoms with Gasteiger partial charge in [0.25, 0.3) is 0 Å². The predicted octanol–water partition coefficient (Wildman–Crippen LogP) is 2.73. The normalized spacial score (nSPS) is 15.7. The van der Waals surface area contributed by atoms with Crippen LogP contribution in [0.2, 0.25) is 0 Å². The lowest BCUT2D eigenvalue weighted by molar-refractivity contribution is 0.105. The first-order valence-electron chi connectivity index (χ1n) is 10.7. The minimum Gasteiger partial charge on any atom is -0.467 e. The van der Waals surface area contributed by atoms with Crippen LogP contribution in [0.4, 0.5) is 0 Å². The average molecular weight is 449 g/mol. The molecule has 0 bridgehead atoms. The van der Waals surface area contributed by atoms with Crippen LogP contribution in [0.15, 0.2) is 57.0 Å². The van der Waals surface area contributed by atoms with Crippen molar-refractivity contribution >= 4 is 16.0 Å². The molecule has 2 aromatic rings. The van der Waals surface area contributed by atoms with Crippen LogP contribution in [0.25, 0.3) is 0 Å². The van der Waals surface area contributed by atoms with E-state index in [1.807, 2.05) is 24.3 Å². The minimum absolute atomic E-state index is 0.367. The molecule has 0 unspecified atom stereocenters. The quantitative estimate of drug-likeness (QED) is 0.330. The number of sulfonamides is 1. The lowest BCUT2D eigenvalue weighted by Crippen LogP contribution is -2.39. The van der Waals surface area contributed by atoms with Crippen molar-refractivity contribution in [3.05, 3.63) is 54.0 Å². The van der Waals surface area contributed by atoms with Gasteiger partial charge in [0, 0.05) is 39.8 Å². The summed E-state index contributed by atoms with van der Waals surface area (Å²) in [5.41, 5.74) is 0.734. The van der Waals surface area contributed by atoms with Crippen LogP contribution >= 0.6 is 0 Å². The van der Waals surface area contributed by atoms with Crippen LogP contribution in [0.1, 0.15) is 37.0 Å². The number of furan rings is 1. The smallest absolute Gasteiger partial charge is 0.243 e. The van der Waals surface area contributed by atoms with E-state index >= 15 is 0 Å². The van der Waals surface area contributed by atoms with Gasteiger partial charge < -0.3 is 19.8 Å². The molecular weight excluding hydrogens is 416 g/mol. The van der Waals surface area contributed by atoms with E-state index in [9.17, 15) is 8.42 Å². The molecule has 0 radical (unpaired) electrons. The van der Waals surface area contributed by atoms with Crippen molar-refractivity contribution in [1.29, 1.82) is 0 Å². The maximum absolute atomic E-state index is 13.1. The summed E-state index contributed by atoms with van der Waals surface area (Å²) >= 11 is 0. The number of rotatable bonds is 10. The SMILES string of the molecule is CN=C(NCCCOCc1ccco1)NCc1ccccc1S(=O)(=O)N1CCCCC1. The Morgan fingerprint density at radius 1 is 1.13 bits per heavy atom. The fraction of sp³-hybridized carbons (Fsp3) is 0.500. The van der Waals surface area contributed by atoms with E-state index in [0.717, 1.165) is 37.0 Å². The van der Waals surface area contributed by atoms with Gasteiger partial charge in [-0.25, -0.2) is 8.42 Å². The number of piperidine rings is 1. The topological polar surface area (TPSA) is 96.2 Å². The zero-order valence-electron chi connectivity index (χ0n) is 18.0. The first-order chi connectivity index (χ1) is 15.1. The molecule has 31 heavy (non-hydrogen) atoms. The first-order valence-corrected chi connectivity index (χ1v) is 12.2. The highest BCUT2D eigenvalue weighted by molar-refractivity contribution is 7.89. The summed E-state index contributed by atoms with van der Waals surface area (Å²) in [5.74, 6) is 1.43. The maximum Gasteiger partial charge on any atom is 0.243 e. The van der Waals surface area contributed by atoms with Crippen molar-refractivity contribution in [3.63, 3.8) is 0 Å². The molecule has 2 N–H and O–H groups in total. The highest BCUT2D eigenvalue weighted by Crippen LogP contribution is 2.23. The fourth-order valence-electron chi connectivity index (χ4n) is 3.49. The van der Waals surface area contributed by atoms with Crippen molar-refractivity contribution in [2.24, 2.45) is 4.99 Å². The summed E-state index contributed by atoms with van der Waals surface area (Å²) in [6.45, 7) is 3.30. The van der Waals surface area contributed by atoms with Crippen molar-refractivity contribution in [3.8, 4) is 0 Å². The van der Waals surface area contributed by atoms with Gasteiger partial charge in [-0.1, -0.05) is 24.6 Å². The average Bonchev–Trinajstić information content (AvgIpc) is 3.32. The number of nitrogens with zero attached hydrogens (tertiary/aromatic N) is 2. The van der Waals surface area contributed by atoms with Gasteiger partial charge in [0.2, 0.25) is 10.0 Å². The van der Waals surface area contributed by atoms with E-state index < -0.39 is 10.0 Å². The van der Waals surface area contributed by atoms with Crippen molar-refractivity contribution < 1.29 is 17.6 Å². The molecule has 1 aromatic heterocycles. The first kappa shape index (κ1) is 23.3. The molecule has 8 nitrogen and oxygen atoms in total. The van der Waals surface area contributed by atoms with E-state index in [1.165, 1.54) is 0 Å². The molecule has 1 aliphatic heterocycles. The summed E-state index contributed by atoms with van der Waals surface area (Å²) in [6.07, 6.45) is 5.36. The lowest BCUT2D eigenvalue weighted by Gasteiger charge is -2.27. The molecule has 3 rings (SSSR count). The van der Waals surface area contributed by atoms with Gasteiger partial charge in [0.05, 0.1) is 11.2 Å². The Morgan fingerprint density at radius 3 is 2.68 bits per heavy atom. The standard InChI is InChI=1S/C22H32N4O4S/c1-23-22(24-12-8-15-29-18-20-10-7-16-30-20)25-17-19-9-3-4-11-21(19)31(27,28)26-13-5-2-6-14-26/h3-4,7,9-11,16H,2,5-6,8,12-15,17-18H2,1H3,(H2,23,24,25). The summed E-state index contributed by atoms with van der Waals surface area (Å²) in [7, 11) is -1.79. The van der Waals surface area contributed by atoms with Crippen LogP contribution in [-0.4, -0.2) is 52.0 Å². The Labute approximate surface area is 184 Å². The molecular formula is C22H32N4O4S. The highest BCUT2D eigenvalue weighted by atomic mass is 32.2. The number of ether oxygens (including phenoxy) is 1. The van der Waals surface area contributed by atoms with Crippen LogP contribution < -0.4 is 10.6 Å². The molecule has 1 fully saturated rings. The zero-order chi connectivity index (χ0) is 21.9. The van der Waals surface area contributed by atoms with Gasteiger partial charge in [-0.05, 0) is 43.0 Å². The molecule has 1 saturated heterocycles. The largest absolute Gasteiger partial charge is 0.467 e. The Balaban J connectivity index is 1.47. The Morgan fingerprint density at radius 2 is 1.94 bits per heavy atom. The van der Waals surface area contributed by atoms with Gasteiger partial charge >= 0.3 is 0 Å². The second-order valence-electron chi connectivity index (χ2n) is 7.41. The summed E-state index contributed by atoms with van der Waals surface area (Å²) in [6, 6.07) is 10.9. The van der Waals surface area contributed by atoms with Crippen molar-refractivity contribution in [2.75, 3.05) is 33.3 Å². The van der Waals surface area contributed by atoms with Gasteiger partial charge in [-0.15, -0.1) is 0 Å². The molecule has 0 atom stereocenters. The molecule has 9 heteroatoms. The fourth-order valence-corrected chi connectivity index (χ4v) is 5.23. The molecule has 1 aliphatic rings. The molecule has 0 aliphatic carbocycles. The molecule has 0 saturated carbocycles. The number of hydrogen-bond donors (Lipinski definition) is 2. The van der Waals surface area contributed by atoms with Crippen LogP contribution in [-0.2, 0) is 27.9 Å². The van der Waals surface area contributed by atoms with E-state index in [2.05, 4.69) is 15.6 Å². The summed E-state index contributed by atoms with van der Waals surface area (Å²) < 4.78 is 38.6. The number of guanidine groups is 1. The number of hydrogen-bond acceptors (Lipinski definition) is 5. The van der Waals surface area contributed by atoms with E-state index in [-0.39, 0.29) is 0 Å². The summed E-state index contributed by atoms with van der Waals surface area (Å²) in [5, 5.41) is 6.45. The monoisotopic (exact) mass is 448 g/mol. The van der Waals surface area contributed by atoms with Gasteiger partial charge in [-0.2, -0.15) is 4.31 Å². The summed E-state index contributed by atoms with van der Waals surface area (Å²) in [4.78, 5) is 4.59. The molecule has 0 spiro atoms. The minimum atomic E-state index is -3.48. The number of aliphatic imine (C=N–C) groups is 1. The van der Waals surface area contributed by atoms with E-state index in [1.54, 1.807) is 29.7 Å².